The van der Waals surface area contributed by atoms with Gasteiger partial charge < -0.3 is 15.5 Å². The first-order valence-electron chi connectivity index (χ1n) is 4.08. The Balaban J connectivity index is 2.78. The van der Waals surface area contributed by atoms with E-state index in [2.05, 4.69) is 9.72 Å². The van der Waals surface area contributed by atoms with Crippen LogP contribution in [0.25, 0.3) is 0 Å². The fourth-order valence-electron chi connectivity index (χ4n) is 1.07. The Bertz CT molecular complexity index is 364. The number of ether oxygens (including phenoxy) is 1. The Kier molecular flexibility index (Phi) is 3.26. The summed E-state index contributed by atoms with van der Waals surface area (Å²) in [6.07, 6.45) is 1.83. The summed E-state index contributed by atoms with van der Waals surface area (Å²) < 4.78 is 4.51. The Hall–Kier alpha value is -1.80. The first-order valence-corrected chi connectivity index (χ1v) is 4.08. The van der Waals surface area contributed by atoms with Crippen molar-refractivity contribution in [1.29, 1.82) is 5.26 Å². The molecule has 0 fully saturated rings. The zero-order valence-electron chi connectivity index (χ0n) is 7.78. The number of carbonyl (C=O) groups is 1. The highest BCUT2D eigenvalue weighted by Gasteiger charge is 2.12. The molecular formula is C9H11N3O2. The number of nitrogens with zero attached hydrogens (tertiary/aromatic N) is 1. The van der Waals surface area contributed by atoms with Gasteiger partial charge >= 0.3 is 5.97 Å². The minimum Gasteiger partial charge on any atom is -0.464 e. The predicted octanol–water partition coefficient (Wildman–Crippen LogP) is 0.715. The van der Waals surface area contributed by atoms with Crippen LogP contribution in [0.1, 0.15) is 28.5 Å². The maximum absolute atomic E-state index is 11.0. The topological polar surface area (TPSA) is 91.9 Å². The molecule has 14 heavy (non-hydrogen) atoms. The number of rotatable bonds is 3. The van der Waals surface area contributed by atoms with E-state index in [1.165, 1.54) is 7.11 Å². The third kappa shape index (κ3) is 2.12. The Labute approximate surface area is 81.5 Å². The number of H-pyrrole nitrogens is 1. The number of aromatic amines is 1. The molecule has 0 aliphatic rings. The molecule has 0 saturated heterocycles. The van der Waals surface area contributed by atoms with Gasteiger partial charge in [-0.3, -0.25) is 0 Å². The second-order valence-electron chi connectivity index (χ2n) is 2.81. The van der Waals surface area contributed by atoms with E-state index in [1.54, 1.807) is 12.3 Å². The van der Waals surface area contributed by atoms with E-state index in [1.807, 2.05) is 6.07 Å². The van der Waals surface area contributed by atoms with Gasteiger partial charge in [0.25, 0.3) is 0 Å². The summed E-state index contributed by atoms with van der Waals surface area (Å²) in [6.45, 7) is 0. The van der Waals surface area contributed by atoms with E-state index < -0.39 is 5.97 Å². The second kappa shape index (κ2) is 4.44. The number of esters is 1. The molecule has 3 N–H and O–H groups in total. The van der Waals surface area contributed by atoms with Crippen LogP contribution < -0.4 is 5.73 Å². The molecule has 1 rings (SSSR count). The molecule has 0 spiro atoms. The highest BCUT2D eigenvalue weighted by Crippen LogP contribution is 2.14. The van der Waals surface area contributed by atoms with Crippen LogP contribution in [0.15, 0.2) is 12.3 Å². The number of hydrogen-bond acceptors (Lipinski definition) is 4. The van der Waals surface area contributed by atoms with Crippen molar-refractivity contribution in [2.24, 2.45) is 5.73 Å². The van der Waals surface area contributed by atoms with Crippen molar-refractivity contribution < 1.29 is 9.53 Å². The molecule has 1 aromatic heterocycles. The molecule has 0 amide bonds. The van der Waals surface area contributed by atoms with E-state index in [9.17, 15) is 4.79 Å². The first-order chi connectivity index (χ1) is 6.69. The molecular weight excluding hydrogens is 182 g/mol. The van der Waals surface area contributed by atoms with Gasteiger partial charge in [-0.1, -0.05) is 0 Å². The molecule has 0 aromatic carbocycles. The van der Waals surface area contributed by atoms with Crippen molar-refractivity contribution in [2.45, 2.75) is 12.5 Å². The lowest BCUT2D eigenvalue weighted by atomic mass is 10.1. The molecule has 74 valence electrons. The summed E-state index contributed by atoms with van der Waals surface area (Å²) >= 11 is 0. The average Bonchev–Trinajstić information content (AvgIpc) is 2.66. The number of hydrogen-bond donors (Lipinski definition) is 2. The van der Waals surface area contributed by atoms with Crippen molar-refractivity contribution in [3.8, 4) is 6.07 Å². The van der Waals surface area contributed by atoms with Gasteiger partial charge in [0.15, 0.2) is 0 Å². The minimum absolute atomic E-state index is 0.221. The molecule has 1 aromatic rings. The summed E-state index contributed by atoms with van der Waals surface area (Å²) in [5.41, 5.74) is 6.74. The number of nitrogens with one attached hydrogen (secondary N) is 1. The lowest BCUT2D eigenvalue weighted by Crippen LogP contribution is -2.08. The molecule has 1 unspecified atom stereocenters. The monoisotopic (exact) mass is 193 g/mol. The van der Waals surface area contributed by atoms with Crippen LogP contribution in [0.2, 0.25) is 0 Å². The number of aromatic nitrogens is 1. The van der Waals surface area contributed by atoms with Gasteiger partial charge in [-0.05, 0) is 11.6 Å². The maximum atomic E-state index is 11.0. The number of nitrogens with two attached hydrogens (primary N) is 1. The third-order valence-corrected chi connectivity index (χ3v) is 1.85. The van der Waals surface area contributed by atoms with E-state index in [4.69, 9.17) is 11.0 Å². The van der Waals surface area contributed by atoms with E-state index in [0.717, 1.165) is 5.56 Å². The summed E-state index contributed by atoms with van der Waals surface area (Å²) in [6, 6.07) is 3.19. The predicted molar refractivity (Wildman–Crippen MR) is 49.3 cm³/mol. The minimum atomic E-state index is -0.444. The van der Waals surface area contributed by atoms with Gasteiger partial charge in [0, 0.05) is 12.2 Å². The van der Waals surface area contributed by atoms with E-state index in [0.29, 0.717) is 5.69 Å². The molecule has 5 heteroatoms. The molecule has 0 saturated carbocycles. The summed E-state index contributed by atoms with van der Waals surface area (Å²) in [7, 11) is 1.30. The maximum Gasteiger partial charge on any atom is 0.354 e. The largest absolute Gasteiger partial charge is 0.464 e. The van der Waals surface area contributed by atoms with Crippen molar-refractivity contribution >= 4 is 5.97 Å². The molecule has 0 radical (unpaired) electrons. The van der Waals surface area contributed by atoms with E-state index in [-0.39, 0.29) is 12.5 Å². The smallest absolute Gasteiger partial charge is 0.354 e. The van der Waals surface area contributed by atoms with Gasteiger partial charge in [-0.25, -0.2) is 4.79 Å². The van der Waals surface area contributed by atoms with Crippen molar-refractivity contribution in [3.63, 3.8) is 0 Å². The van der Waals surface area contributed by atoms with Crippen molar-refractivity contribution in [3.05, 3.63) is 23.5 Å². The van der Waals surface area contributed by atoms with Crippen LogP contribution in [0.5, 0.6) is 0 Å². The Morgan fingerprint density at radius 1 is 1.86 bits per heavy atom. The fourth-order valence-corrected chi connectivity index (χ4v) is 1.07. The van der Waals surface area contributed by atoms with Crippen LogP contribution in [0.3, 0.4) is 0 Å². The molecule has 0 bridgehead atoms. The number of nitriles is 1. The van der Waals surface area contributed by atoms with E-state index >= 15 is 0 Å². The summed E-state index contributed by atoms with van der Waals surface area (Å²) in [5, 5.41) is 8.43. The van der Waals surface area contributed by atoms with Crippen LogP contribution in [0, 0.1) is 11.3 Å². The van der Waals surface area contributed by atoms with Crippen molar-refractivity contribution in [2.75, 3.05) is 7.11 Å². The highest BCUT2D eigenvalue weighted by molar-refractivity contribution is 5.87. The quantitative estimate of drug-likeness (QED) is 0.691. The van der Waals surface area contributed by atoms with Gasteiger partial charge in [0.2, 0.25) is 0 Å². The van der Waals surface area contributed by atoms with Gasteiger partial charge in [-0.15, -0.1) is 0 Å². The van der Waals surface area contributed by atoms with Gasteiger partial charge in [0.1, 0.15) is 5.69 Å². The Morgan fingerprint density at radius 3 is 3.14 bits per heavy atom. The normalized spacial score (nSPS) is 11.8. The summed E-state index contributed by atoms with van der Waals surface area (Å²) in [4.78, 5) is 13.8. The molecule has 0 aliphatic heterocycles. The van der Waals surface area contributed by atoms with Gasteiger partial charge in [0.05, 0.1) is 19.6 Å². The molecule has 0 aliphatic carbocycles. The zero-order chi connectivity index (χ0) is 10.6. The van der Waals surface area contributed by atoms with Gasteiger partial charge in [-0.2, -0.15) is 5.26 Å². The number of methoxy groups -OCH3 is 1. The van der Waals surface area contributed by atoms with Crippen LogP contribution in [-0.2, 0) is 4.74 Å². The highest BCUT2D eigenvalue weighted by atomic mass is 16.5. The third-order valence-electron chi connectivity index (χ3n) is 1.85. The second-order valence-corrected chi connectivity index (χ2v) is 2.81. The molecule has 1 heterocycles. The number of carbonyl (C=O) groups excluding carboxylic acids is 1. The summed E-state index contributed by atoms with van der Waals surface area (Å²) in [5.74, 6) is -0.444. The fraction of sp³-hybridized carbons (Fsp3) is 0.333. The first kappa shape index (κ1) is 10.3. The van der Waals surface area contributed by atoms with Crippen LogP contribution >= 0.6 is 0 Å². The average molecular weight is 193 g/mol. The van der Waals surface area contributed by atoms with Crippen LogP contribution in [0.4, 0.5) is 0 Å². The molecule has 1 atom stereocenters. The lowest BCUT2D eigenvalue weighted by Gasteiger charge is -2.01. The van der Waals surface area contributed by atoms with Crippen LogP contribution in [-0.4, -0.2) is 18.1 Å². The molecule has 5 nitrogen and oxygen atoms in total. The SMILES string of the molecule is COC(=O)c1cc(C(N)CC#N)c[nH]1. The Morgan fingerprint density at radius 2 is 2.57 bits per heavy atom. The zero-order valence-corrected chi connectivity index (χ0v) is 7.78. The standard InChI is InChI=1S/C9H11N3O2/c1-14-9(13)8-4-6(5-12-8)7(11)2-3-10/h4-5,7,12H,2,11H2,1H3. The van der Waals surface area contributed by atoms with Crippen molar-refractivity contribution in [1.82, 2.24) is 4.98 Å². The lowest BCUT2D eigenvalue weighted by molar-refractivity contribution is 0.0595.